The maximum atomic E-state index is 13.0. The molecule has 0 aliphatic heterocycles. The van der Waals surface area contributed by atoms with E-state index in [2.05, 4.69) is 5.32 Å². The number of benzene rings is 1. The maximum Gasteiger partial charge on any atom is 0.322 e. The fourth-order valence-corrected chi connectivity index (χ4v) is 0.970. The van der Waals surface area contributed by atoms with Gasteiger partial charge in [-0.05, 0) is 12.1 Å². The van der Waals surface area contributed by atoms with Gasteiger partial charge in [0.25, 0.3) is 0 Å². The smallest absolute Gasteiger partial charge is 0.322 e. The number of nitrogens with one attached hydrogen (secondary N) is 1. The Morgan fingerprint density at radius 3 is 2.56 bits per heavy atom. The van der Waals surface area contributed by atoms with E-state index in [0.717, 1.165) is 12.1 Å². The van der Waals surface area contributed by atoms with E-state index >= 15 is 0 Å². The molecule has 88 valence electrons. The molecule has 7 heteroatoms. The second-order valence-corrected chi connectivity index (χ2v) is 3.05. The topological polar surface area (TPSA) is 75.3 Å². The van der Waals surface area contributed by atoms with Crippen LogP contribution in [0.15, 0.2) is 12.1 Å². The predicted octanol–water partition coefficient (Wildman–Crippen LogP) is 0.928. The summed E-state index contributed by atoms with van der Waals surface area (Å²) in [6, 6.07) is 0.433. The molecular formula is C9H9F3N2O2. The molecule has 0 saturated heterocycles. The normalized spacial score (nSPS) is 12.2. The molecule has 0 aliphatic rings. The fraction of sp³-hybridized carbons (Fsp3) is 0.222. The summed E-state index contributed by atoms with van der Waals surface area (Å²) in [4.78, 5) is 10.3. The molecular weight excluding hydrogens is 225 g/mol. The summed E-state index contributed by atoms with van der Waals surface area (Å²) < 4.78 is 38.3. The highest BCUT2D eigenvalue weighted by Gasteiger charge is 2.15. The Balaban J connectivity index is 2.75. The zero-order valence-electron chi connectivity index (χ0n) is 8.01. The van der Waals surface area contributed by atoms with Gasteiger partial charge in [0.05, 0.1) is 5.69 Å². The summed E-state index contributed by atoms with van der Waals surface area (Å²) in [7, 11) is 0. The standard InChI is InChI=1S/C9H9F3N2O2/c10-4-1-2-6(8(12)7(4)11)14-3-5(13)9(15)16/h1-2,5,14H,3,13H2,(H,15,16). The van der Waals surface area contributed by atoms with E-state index in [1.54, 1.807) is 0 Å². The molecule has 0 aromatic heterocycles. The molecule has 0 heterocycles. The van der Waals surface area contributed by atoms with Crippen molar-refractivity contribution >= 4 is 11.7 Å². The van der Waals surface area contributed by atoms with Crippen LogP contribution in [0.5, 0.6) is 0 Å². The summed E-state index contributed by atoms with van der Waals surface area (Å²) in [6.07, 6.45) is 0. The SMILES string of the molecule is NC(CNc1ccc(F)c(F)c1F)C(=O)O. The molecule has 1 rings (SSSR count). The highest BCUT2D eigenvalue weighted by molar-refractivity contribution is 5.74. The van der Waals surface area contributed by atoms with Gasteiger partial charge in [-0.1, -0.05) is 0 Å². The van der Waals surface area contributed by atoms with Crippen molar-refractivity contribution in [3.05, 3.63) is 29.6 Å². The van der Waals surface area contributed by atoms with Gasteiger partial charge < -0.3 is 16.2 Å². The molecule has 16 heavy (non-hydrogen) atoms. The minimum atomic E-state index is -1.62. The number of nitrogens with two attached hydrogens (primary N) is 1. The van der Waals surface area contributed by atoms with Crippen LogP contribution >= 0.6 is 0 Å². The number of halogens is 3. The summed E-state index contributed by atoms with van der Waals surface area (Å²) in [5.41, 5.74) is 4.79. The molecule has 4 N–H and O–H groups in total. The number of carboxylic acid groups (broad SMARTS) is 1. The average molecular weight is 234 g/mol. The fourth-order valence-electron chi connectivity index (χ4n) is 0.970. The lowest BCUT2D eigenvalue weighted by atomic mass is 10.2. The van der Waals surface area contributed by atoms with Crippen molar-refractivity contribution in [2.24, 2.45) is 5.73 Å². The number of anilines is 1. The summed E-state index contributed by atoms with van der Waals surface area (Å²) >= 11 is 0. The average Bonchev–Trinajstić information content (AvgIpc) is 2.24. The first kappa shape index (κ1) is 12.3. The van der Waals surface area contributed by atoms with Crippen LogP contribution < -0.4 is 11.1 Å². The van der Waals surface area contributed by atoms with Gasteiger partial charge in [-0.2, -0.15) is 0 Å². The maximum absolute atomic E-state index is 13.0. The van der Waals surface area contributed by atoms with E-state index in [1.165, 1.54) is 0 Å². The number of carbonyl (C=O) groups is 1. The Bertz CT molecular complexity index is 412. The van der Waals surface area contributed by atoms with Crippen molar-refractivity contribution in [1.82, 2.24) is 0 Å². The molecule has 0 radical (unpaired) electrons. The van der Waals surface area contributed by atoms with Gasteiger partial charge in [0.15, 0.2) is 17.5 Å². The number of rotatable bonds is 4. The monoisotopic (exact) mass is 234 g/mol. The van der Waals surface area contributed by atoms with Gasteiger partial charge >= 0.3 is 5.97 Å². The lowest BCUT2D eigenvalue weighted by Gasteiger charge is -2.10. The minimum Gasteiger partial charge on any atom is -0.480 e. The van der Waals surface area contributed by atoms with Gasteiger partial charge in [-0.3, -0.25) is 4.79 Å². The molecule has 0 amide bonds. The Labute approximate surface area is 88.9 Å². The van der Waals surface area contributed by atoms with Gasteiger partial charge in [-0.15, -0.1) is 0 Å². The second-order valence-electron chi connectivity index (χ2n) is 3.05. The third-order valence-corrected chi connectivity index (χ3v) is 1.86. The minimum absolute atomic E-state index is 0.294. The van der Waals surface area contributed by atoms with Crippen LogP contribution in [0.2, 0.25) is 0 Å². The summed E-state index contributed by atoms with van der Waals surface area (Å²) in [6.45, 7) is -0.294. The largest absolute Gasteiger partial charge is 0.480 e. The zero-order chi connectivity index (χ0) is 12.3. The highest BCUT2D eigenvalue weighted by atomic mass is 19.2. The molecule has 0 saturated carbocycles. The van der Waals surface area contributed by atoms with Crippen molar-refractivity contribution < 1.29 is 23.1 Å². The van der Waals surface area contributed by atoms with Crippen LogP contribution in [0.1, 0.15) is 0 Å². The lowest BCUT2D eigenvalue weighted by molar-refractivity contribution is -0.138. The second kappa shape index (κ2) is 4.84. The summed E-state index contributed by atoms with van der Waals surface area (Å²) in [5.74, 6) is -5.62. The molecule has 1 aromatic carbocycles. The van der Waals surface area contributed by atoms with E-state index in [0.29, 0.717) is 0 Å². The lowest BCUT2D eigenvalue weighted by Crippen LogP contribution is -2.37. The molecule has 0 aliphatic carbocycles. The third kappa shape index (κ3) is 2.63. The zero-order valence-corrected chi connectivity index (χ0v) is 8.01. The van der Waals surface area contributed by atoms with Crippen LogP contribution in [0, 0.1) is 17.5 Å². The van der Waals surface area contributed by atoms with Gasteiger partial charge in [-0.25, -0.2) is 13.2 Å². The van der Waals surface area contributed by atoms with E-state index in [1.807, 2.05) is 0 Å². The van der Waals surface area contributed by atoms with Gasteiger partial charge in [0.1, 0.15) is 6.04 Å². The van der Waals surface area contributed by atoms with E-state index < -0.39 is 29.5 Å². The molecule has 0 spiro atoms. The van der Waals surface area contributed by atoms with Crippen LogP contribution in [0.25, 0.3) is 0 Å². The van der Waals surface area contributed by atoms with Crippen molar-refractivity contribution in [1.29, 1.82) is 0 Å². The number of hydrogen-bond acceptors (Lipinski definition) is 3. The first-order valence-corrected chi connectivity index (χ1v) is 4.29. The number of aliphatic carboxylic acids is 1. The Morgan fingerprint density at radius 1 is 1.38 bits per heavy atom. The van der Waals surface area contributed by atoms with Crippen LogP contribution in [-0.4, -0.2) is 23.7 Å². The molecule has 1 aromatic rings. The Kier molecular flexibility index (Phi) is 3.73. The van der Waals surface area contributed by atoms with E-state index in [-0.39, 0.29) is 12.2 Å². The first-order valence-electron chi connectivity index (χ1n) is 4.29. The van der Waals surface area contributed by atoms with E-state index in [9.17, 15) is 18.0 Å². The molecule has 0 fully saturated rings. The third-order valence-electron chi connectivity index (χ3n) is 1.86. The van der Waals surface area contributed by atoms with Gasteiger partial charge in [0.2, 0.25) is 0 Å². The predicted molar refractivity (Wildman–Crippen MR) is 50.4 cm³/mol. The first-order chi connectivity index (χ1) is 7.43. The molecule has 1 atom stereocenters. The van der Waals surface area contributed by atoms with Crippen molar-refractivity contribution in [2.75, 3.05) is 11.9 Å². The number of hydrogen-bond donors (Lipinski definition) is 3. The quantitative estimate of drug-likeness (QED) is 0.677. The highest BCUT2D eigenvalue weighted by Crippen LogP contribution is 2.19. The van der Waals surface area contributed by atoms with Crippen molar-refractivity contribution in [3.63, 3.8) is 0 Å². The van der Waals surface area contributed by atoms with Crippen LogP contribution in [0.3, 0.4) is 0 Å². The summed E-state index contributed by atoms with van der Waals surface area (Å²) in [5, 5.41) is 10.7. The number of carboxylic acids is 1. The molecule has 0 bridgehead atoms. The van der Waals surface area contributed by atoms with Crippen molar-refractivity contribution in [3.8, 4) is 0 Å². The molecule has 1 unspecified atom stereocenters. The van der Waals surface area contributed by atoms with Crippen LogP contribution in [0.4, 0.5) is 18.9 Å². The molecule has 4 nitrogen and oxygen atoms in total. The Hall–Kier alpha value is -1.76. The van der Waals surface area contributed by atoms with Gasteiger partial charge in [0, 0.05) is 6.54 Å². The Morgan fingerprint density at radius 2 is 2.00 bits per heavy atom. The van der Waals surface area contributed by atoms with Crippen LogP contribution in [-0.2, 0) is 4.79 Å². The van der Waals surface area contributed by atoms with E-state index in [4.69, 9.17) is 10.8 Å². The van der Waals surface area contributed by atoms with Crippen molar-refractivity contribution in [2.45, 2.75) is 6.04 Å².